The number of fused-ring (bicyclic) bond motifs is 1. The van der Waals surface area contributed by atoms with E-state index in [1.807, 2.05) is 12.1 Å². The highest BCUT2D eigenvalue weighted by atomic mass is 32.2. The first-order valence-corrected chi connectivity index (χ1v) is 12.4. The van der Waals surface area contributed by atoms with E-state index in [-0.39, 0.29) is 6.04 Å². The summed E-state index contributed by atoms with van der Waals surface area (Å²) in [6.45, 7) is 4.26. The molecular formula is C24H29F2N3O3S. The molecule has 0 amide bonds. The van der Waals surface area contributed by atoms with Crippen molar-refractivity contribution in [2.24, 2.45) is 0 Å². The van der Waals surface area contributed by atoms with Crippen LogP contribution in [0.15, 0.2) is 42.5 Å². The van der Waals surface area contributed by atoms with Gasteiger partial charge in [0.25, 0.3) is 6.43 Å². The van der Waals surface area contributed by atoms with Gasteiger partial charge in [-0.05, 0) is 64.3 Å². The van der Waals surface area contributed by atoms with Gasteiger partial charge < -0.3 is 15.0 Å². The smallest absolute Gasteiger partial charge is 0.272 e. The number of nitrogen functional groups attached to an aromatic ring is 1. The maximum absolute atomic E-state index is 12.6. The first-order valence-electron chi connectivity index (χ1n) is 10.9. The molecule has 3 aromatic rings. The zero-order chi connectivity index (χ0) is 24.0. The number of hydrogen-bond acceptors (Lipinski definition) is 4. The summed E-state index contributed by atoms with van der Waals surface area (Å²) in [4.78, 5) is 0. The number of nitrogens with zero attached hydrogens (tertiary/aromatic N) is 1. The predicted octanol–water partition coefficient (Wildman–Crippen LogP) is 5.80. The van der Waals surface area contributed by atoms with Crippen LogP contribution in [0.2, 0.25) is 0 Å². The summed E-state index contributed by atoms with van der Waals surface area (Å²) >= 11 is 0. The minimum atomic E-state index is -3.54. The summed E-state index contributed by atoms with van der Waals surface area (Å²) in [5, 5.41) is 0.832. The second kappa shape index (κ2) is 8.52. The lowest BCUT2D eigenvalue weighted by atomic mass is 9.92. The Morgan fingerprint density at radius 1 is 1.15 bits per heavy atom. The second-order valence-electron chi connectivity index (χ2n) is 9.39. The second-order valence-corrected chi connectivity index (χ2v) is 11.8. The van der Waals surface area contributed by atoms with Gasteiger partial charge in [0, 0.05) is 28.7 Å². The number of nitrogens with two attached hydrogens (primary N) is 1. The van der Waals surface area contributed by atoms with Gasteiger partial charge in [-0.2, -0.15) is 0 Å². The number of aromatic nitrogens is 1. The first kappa shape index (κ1) is 23.4. The molecule has 0 saturated heterocycles. The summed E-state index contributed by atoms with van der Waals surface area (Å²) in [6, 6.07) is 12.6. The summed E-state index contributed by atoms with van der Waals surface area (Å²) in [5.41, 5.74) is 10.2. The number of halogens is 2. The van der Waals surface area contributed by atoms with E-state index in [4.69, 9.17) is 10.5 Å². The number of sulfonamides is 1. The molecule has 0 radical (unpaired) electrons. The van der Waals surface area contributed by atoms with Gasteiger partial charge in [0.15, 0.2) is 0 Å². The lowest BCUT2D eigenvalue weighted by Gasteiger charge is -2.30. The molecule has 6 nitrogen and oxygen atoms in total. The molecule has 1 aromatic heterocycles. The van der Waals surface area contributed by atoms with E-state index in [0.717, 1.165) is 41.4 Å². The maximum Gasteiger partial charge on any atom is 0.272 e. The molecule has 9 heteroatoms. The van der Waals surface area contributed by atoms with Crippen molar-refractivity contribution in [3.63, 3.8) is 0 Å². The number of ether oxygens (including phenoxy) is 1. The Labute approximate surface area is 192 Å². The third kappa shape index (κ3) is 4.51. The highest BCUT2D eigenvalue weighted by Crippen LogP contribution is 2.45. The summed E-state index contributed by atoms with van der Waals surface area (Å²) in [5.74, 6) is 0.374. The lowest BCUT2D eigenvalue weighted by molar-refractivity contribution is 0.0819. The fraction of sp³-hybridized carbons (Fsp3) is 0.417. The highest BCUT2D eigenvalue weighted by Gasteiger charge is 2.29. The standard InChI is InChI=1S/C24H29F2N3O3S/c1-24(2,3)33(30,31)28-16-9-7-15(8-10-16)23-22(27)19-12-11-18(32-14-21(25)26)13-20(19)29(23)17-5-4-6-17/h7-13,17,21,28H,4-6,14,27H2,1-3H3. The van der Waals surface area contributed by atoms with Crippen LogP contribution in [-0.4, -0.2) is 30.8 Å². The normalized spacial score (nSPS) is 15.1. The monoisotopic (exact) mass is 477 g/mol. The molecule has 33 heavy (non-hydrogen) atoms. The van der Waals surface area contributed by atoms with Crippen LogP contribution in [0.5, 0.6) is 5.75 Å². The molecule has 1 fully saturated rings. The molecule has 1 heterocycles. The molecule has 0 atom stereocenters. The number of nitrogens with one attached hydrogen (secondary N) is 1. The van der Waals surface area contributed by atoms with E-state index in [0.29, 0.717) is 17.1 Å². The van der Waals surface area contributed by atoms with Crippen molar-refractivity contribution < 1.29 is 21.9 Å². The Hall–Kier alpha value is -2.81. The van der Waals surface area contributed by atoms with Crippen LogP contribution in [0, 0.1) is 0 Å². The molecule has 1 aliphatic carbocycles. The number of anilines is 2. The van der Waals surface area contributed by atoms with Crippen LogP contribution < -0.4 is 15.2 Å². The SMILES string of the molecule is CC(C)(C)S(=O)(=O)Nc1ccc(-c2c(N)c3ccc(OCC(F)F)cc3n2C2CCC2)cc1. The van der Waals surface area contributed by atoms with E-state index >= 15 is 0 Å². The van der Waals surface area contributed by atoms with Crippen molar-refractivity contribution in [2.75, 3.05) is 17.1 Å². The summed E-state index contributed by atoms with van der Waals surface area (Å²) in [7, 11) is -3.54. The Balaban J connectivity index is 1.74. The molecule has 4 rings (SSSR count). The summed E-state index contributed by atoms with van der Waals surface area (Å²) < 4.78 is 59.2. The van der Waals surface area contributed by atoms with Crippen molar-refractivity contribution in [3.05, 3.63) is 42.5 Å². The van der Waals surface area contributed by atoms with E-state index in [1.165, 1.54) is 0 Å². The lowest BCUT2D eigenvalue weighted by Crippen LogP contribution is -2.33. The Kier molecular flexibility index (Phi) is 6.03. The molecule has 2 aromatic carbocycles. The van der Waals surface area contributed by atoms with Crippen molar-refractivity contribution >= 4 is 32.3 Å². The van der Waals surface area contributed by atoms with Crippen molar-refractivity contribution in [2.45, 2.75) is 57.2 Å². The van der Waals surface area contributed by atoms with Gasteiger partial charge in [-0.1, -0.05) is 12.1 Å². The Morgan fingerprint density at radius 3 is 2.36 bits per heavy atom. The largest absolute Gasteiger partial charge is 0.488 e. The first-order chi connectivity index (χ1) is 15.5. The topological polar surface area (TPSA) is 86.3 Å². The van der Waals surface area contributed by atoms with E-state index in [1.54, 1.807) is 51.1 Å². The third-order valence-electron chi connectivity index (χ3n) is 6.05. The maximum atomic E-state index is 12.6. The van der Waals surface area contributed by atoms with E-state index in [2.05, 4.69) is 9.29 Å². The van der Waals surface area contributed by atoms with Crippen LogP contribution in [-0.2, 0) is 10.0 Å². The van der Waals surface area contributed by atoms with Gasteiger partial charge >= 0.3 is 0 Å². The zero-order valence-corrected chi connectivity index (χ0v) is 19.8. The molecule has 0 spiro atoms. The van der Waals surface area contributed by atoms with Gasteiger partial charge in [-0.25, -0.2) is 17.2 Å². The minimum absolute atomic E-state index is 0.254. The minimum Gasteiger partial charge on any atom is -0.488 e. The molecule has 1 aliphatic rings. The molecule has 0 unspecified atom stereocenters. The molecule has 1 saturated carbocycles. The van der Waals surface area contributed by atoms with Crippen molar-refractivity contribution in [3.8, 4) is 17.0 Å². The number of benzene rings is 2. The van der Waals surface area contributed by atoms with Crippen LogP contribution in [0.1, 0.15) is 46.1 Å². The summed E-state index contributed by atoms with van der Waals surface area (Å²) in [6.07, 6.45) is 0.566. The fourth-order valence-electron chi connectivity index (χ4n) is 3.89. The average molecular weight is 478 g/mol. The highest BCUT2D eigenvalue weighted by molar-refractivity contribution is 7.94. The molecule has 0 aliphatic heterocycles. The number of rotatable bonds is 7. The number of hydrogen-bond donors (Lipinski definition) is 2. The molecule has 3 N–H and O–H groups in total. The van der Waals surface area contributed by atoms with Crippen LogP contribution in [0.4, 0.5) is 20.2 Å². The van der Waals surface area contributed by atoms with Crippen molar-refractivity contribution in [1.29, 1.82) is 0 Å². The quantitative estimate of drug-likeness (QED) is 0.450. The third-order valence-corrected chi connectivity index (χ3v) is 8.16. The fourth-order valence-corrected chi connectivity index (χ4v) is 4.64. The van der Waals surface area contributed by atoms with Crippen LogP contribution >= 0.6 is 0 Å². The van der Waals surface area contributed by atoms with E-state index < -0.39 is 27.8 Å². The van der Waals surface area contributed by atoms with Crippen LogP contribution in [0.3, 0.4) is 0 Å². The van der Waals surface area contributed by atoms with Gasteiger partial charge in [-0.3, -0.25) is 4.72 Å². The van der Waals surface area contributed by atoms with Gasteiger partial charge in [0.2, 0.25) is 10.0 Å². The van der Waals surface area contributed by atoms with Crippen LogP contribution in [0.25, 0.3) is 22.2 Å². The van der Waals surface area contributed by atoms with Gasteiger partial charge in [0.05, 0.1) is 21.6 Å². The Morgan fingerprint density at radius 2 is 1.82 bits per heavy atom. The molecule has 0 bridgehead atoms. The Bertz CT molecular complexity index is 1260. The van der Waals surface area contributed by atoms with E-state index in [9.17, 15) is 17.2 Å². The predicted molar refractivity (Wildman–Crippen MR) is 128 cm³/mol. The molecule has 178 valence electrons. The molecular weight excluding hydrogens is 448 g/mol. The zero-order valence-electron chi connectivity index (χ0n) is 18.9. The van der Waals surface area contributed by atoms with Crippen molar-refractivity contribution in [1.82, 2.24) is 4.57 Å². The number of alkyl halides is 2. The van der Waals surface area contributed by atoms with Gasteiger partial charge in [0.1, 0.15) is 12.4 Å². The van der Waals surface area contributed by atoms with Gasteiger partial charge in [-0.15, -0.1) is 0 Å². The average Bonchev–Trinajstić information content (AvgIpc) is 2.96.